The lowest BCUT2D eigenvalue weighted by molar-refractivity contribution is -0.124. The minimum absolute atomic E-state index is 0.180. The van der Waals surface area contributed by atoms with E-state index in [0.29, 0.717) is 11.1 Å². The molecule has 5 heteroatoms. The summed E-state index contributed by atoms with van der Waals surface area (Å²) in [6, 6.07) is 13.8. The van der Waals surface area contributed by atoms with Gasteiger partial charge in [0.1, 0.15) is 0 Å². The van der Waals surface area contributed by atoms with E-state index in [-0.39, 0.29) is 18.6 Å². The lowest BCUT2D eigenvalue weighted by atomic mass is 10.0. The first-order valence-corrected chi connectivity index (χ1v) is 7.94. The number of amides is 1. The van der Waals surface area contributed by atoms with Crippen LogP contribution in [0.1, 0.15) is 45.6 Å². The molecule has 5 nitrogen and oxygen atoms in total. The first kappa shape index (κ1) is 18.2. The SMILES string of the molecule is Cc1ccc([C@H](C)NC(=O)COC(=O)c2ccc(C#N)cc2)cc1C. The number of nitrogens with one attached hydrogen (secondary N) is 1. The number of benzene rings is 2. The van der Waals surface area contributed by atoms with Crippen LogP contribution in [0.4, 0.5) is 0 Å². The second kappa shape index (κ2) is 8.11. The van der Waals surface area contributed by atoms with Gasteiger partial charge in [0, 0.05) is 0 Å². The predicted molar refractivity (Wildman–Crippen MR) is 93.9 cm³/mol. The molecule has 2 aromatic carbocycles. The Morgan fingerprint density at radius 3 is 2.40 bits per heavy atom. The molecule has 128 valence electrons. The monoisotopic (exact) mass is 336 g/mol. The van der Waals surface area contributed by atoms with Crippen LogP contribution in [-0.2, 0) is 9.53 Å². The average molecular weight is 336 g/mol. The molecule has 2 aromatic rings. The van der Waals surface area contributed by atoms with E-state index in [1.165, 1.54) is 29.8 Å². The van der Waals surface area contributed by atoms with Gasteiger partial charge in [-0.2, -0.15) is 5.26 Å². The van der Waals surface area contributed by atoms with Gasteiger partial charge in [0.25, 0.3) is 5.91 Å². The molecule has 0 spiro atoms. The Morgan fingerprint density at radius 1 is 1.12 bits per heavy atom. The maximum atomic E-state index is 12.0. The van der Waals surface area contributed by atoms with Gasteiger partial charge in [-0.05, 0) is 61.7 Å². The number of carbonyl (C=O) groups excluding carboxylic acids is 2. The molecule has 0 aromatic heterocycles. The molecular weight excluding hydrogens is 316 g/mol. The van der Waals surface area contributed by atoms with Gasteiger partial charge in [-0.25, -0.2) is 4.79 Å². The number of rotatable bonds is 5. The molecule has 0 bridgehead atoms. The van der Waals surface area contributed by atoms with Crippen molar-refractivity contribution in [3.63, 3.8) is 0 Å². The van der Waals surface area contributed by atoms with E-state index in [2.05, 4.69) is 5.32 Å². The number of nitriles is 1. The third-order valence-corrected chi connectivity index (χ3v) is 3.99. The Labute approximate surface area is 147 Å². The van der Waals surface area contributed by atoms with Crippen molar-refractivity contribution in [1.29, 1.82) is 5.26 Å². The van der Waals surface area contributed by atoms with Gasteiger partial charge >= 0.3 is 5.97 Å². The summed E-state index contributed by atoms with van der Waals surface area (Å²) in [5.74, 6) is -0.966. The Morgan fingerprint density at radius 2 is 1.80 bits per heavy atom. The highest BCUT2D eigenvalue weighted by molar-refractivity contribution is 5.91. The average Bonchev–Trinajstić information content (AvgIpc) is 2.62. The molecule has 0 aliphatic rings. The van der Waals surface area contributed by atoms with Gasteiger partial charge in [0.05, 0.1) is 23.2 Å². The first-order chi connectivity index (χ1) is 11.9. The van der Waals surface area contributed by atoms with Crippen LogP contribution >= 0.6 is 0 Å². The number of nitrogens with zero attached hydrogens (tertiary/aromatic N) is 1. The van der Waals surface area contributed by atoms with Crippen LogP contribution in [-0.4, -0.2) is 18.5 Å². The van der Waals surface area contributed by atoms with Crippen LogP contribution in [0.2, 0.25) is 0 Å². The number of hydrogen-bond acceptors (Lipinski definition) is 4. The molecule has 1 amide bonds. The van der Waals surface area contributed by atoms with E-state index in [0.717, 1.165) is 11.1 Å². The van der Waals surface area contributed by atoms with E-state index < -0.39 is 5.97 Å². The van der Waals surface area contributed by atoms with Crippen LogP contribution in [0.5, 0.6) is 0 Å². The van der Waals surface area contributed by atoms with Crippen molar-refractivity contribution in [3.8, 4) is 6.07 Å². The van der Waals surface area contributed by atoms with Crippen LogP contribution in [0.25, 0.3) is 0 Å². The smallest absolute Gasteiger partial charge is 0.338 e. The van der Waals surface area contributed by atoms with Gasteiger partial charge in [0.2, 0.25) is 0 Å². The van der Waals surface area contributed by atoms with Crippen molar-refractivity contribution in [2.75, 3.05) is 6.61 Å². The fourth-order valence-corrected chi connectivity index (χ4v) is 2.30. The van der Waals surface area contributed by atoms with Gasteiger partial charge in [-0.1, -0.05) is 18.2 Å². The van der Waals surface area contributed by atoms with E-state index >= 15 is 0 Å². The van der Waals surface area contributed by atoms with Crippen molar-refractivity contribution < 1.29 is 14.3 Å². The minimum atomic E-state index is -0.599. The second-order valence-electron chi connectivity index (χ2n) is 5.90. The fourth-order valence-electron chi connectivity index (χ4n) is 2.30. The predicted octanol–water partition coefficient (Wildman–Crippen LogP) is 3.21. The molecule has 0 unspecified atom stereocenters. The van der Waals surface area contributed by atoms with E-state index in [1.807, 2.05) is 45.0 Å². The molecule has 0 aliphatic carbocycles. The molecule has 0 radical (unpaired) electrons. The zero-order valence-electron chi connectivity index (χ0n) is 14.5. The molecule has 0 saturated carbocycles. The summed E-state index contributed by atoms with van der Waals surface area (Å²) in [4.78, 5) is 23.9. The first-order valence-electron chi connectivity index (χ1n) is 7.94. The number of carbonyl (C=O) groups is 2. The number of hydrogen-bond donors (Lipinski definition) is 1. The summed E-state index contributed by atoms with van der Waals surface area (Å²) in [5, 5.41) is 11.5. The summed E-state index contributed by atoms with van der Waals surface area (Å²) < 4.78 is 5.01. The third-order valence-electron chi connectivity index (χ3n) is 3.99. The van der Waals surface area contributed by atoms with Crippen molar-refractivity contribution in [3.05, 3.63) is 70.3 Å². The van der Waals surface area contributed by atoms with Crippen molar-refractivity contribution in [1.82, 2.24) is 5.32 Å². The number of ether oxygens (including phenoxy) is 1. The molecule has 0 saturated heterocycles. The van der Waals surface area contributed by atoms with Gasteiger partial charge in [0.15, 0.2) is 6.61 Å². The molecule has 1 N–H and O–H groups in total. The Balaban J connectivity index is 1.88. The summed E-state index contributed by atoms with van der Waals surface area (Å²) >= 11 is 0. The lowest BCUT2D eigenvalue weighted by Gasteiger charge is -2.15. The largest absolute Gasteiger partial charge is 0.452 e. The zero-order chi connectivity index (χ0) is 18.4. The van der Waals surface area contributed by atoms with Crippen molar-refractivity contribution in [2.45, 2.75) is 26.8 Å². The number of esters is 1. The van der Waals surface area contributed by atoms with Crippen molar-refractivity contribution in [2.24, 2.45) is 0 Å². The van der Waals surface area contributed by atoms with Gasteiger partial charge in [-0.3, -0.25) is 4.79 Å². The number of aryl methyl sites for hydroxylation is 2. The van der Waals surface area contributed by atoms with Crippen LogP contribution < -0.4 is 5.32 Å². The van der Waals surface area contributed by atoms with Crippen molar-refractivity contribution >= 4 is 11.9 Å². The molecule has 0 heterocycles. The van der Waals surface area contributed by atoms with E-state index in [9.17, 15) is 9.59 Å². The molecular formula is C20H20N2O3. The maximum absolute atomic E-state index is 12.0. The van der Waals surface area contributed by atoms with Crippen LogP contribution in [0, 0.1) is 25.2 Å². The van der Waals surface area contributed by atoms with Crippen LogP contribution in [0.15, 0.2) is 42.5 Å². The molecule has 0 aliphatic heterocycles. The Bertz CT molecular complexity index is 820. The highest BCUT2D eigenvalue weighted by atomic mass is 16.5. The highest BCUT2D eigenvalue weighted by Crippen LogP contribution is 2.16. The van der Waals surface area contributed by atoms with Gasteiger partial charge < -0.3 is 10.1 Å². The lowest BCUT2D eigenvalue weighted by Crippen LogP contribution is -2.31. The summed E-state index contributed by atoms with van der Waals surface area (Å²) in [6.07, 6.45) is 0. The fraction of sp³-hybridized carbons (Fsp3) is 0.250. The topological polar surface area (TPSA) is 79.2 Å². The molecule has 0 fully saturated rings. The standard InChI is InChI=1S/C20H20N2O3/c1-13-4-7-18(10-14(13)2)15(3)22-19(23)12-25-20(24)17-8-5-16(11-21)6-9-17/h4-10,15H,12H2,1-3H3,(H,22,23)/t15-/m0/s1. The van der Waals surface area contributed by atoms with E-state index in [1.54, 1.807) is 0 Å². The Hall–Kier alpha value is -3.13. The summed E-state index contributed by atoms with van der Waals surface area (Å²) in [6.45, 7) is 5.58. The molecule has 2 rings (SSSR count). The van der Waals surface area contributed by atoms with Crippen LogP contribution in [0.3, 0.4) is 0 Å². The Kier molecular flexibility index (Phi) is 5.91. The molecule has 25 heavy (non-hydrogen) atoms. The quantitative estimate of drug-likeness (QED) is 0.850. The van der Waals surface area contributed by atoms with Gasteiger partial charge in [-0.15, -0.1) is 0 Å². The maximum Gasteiger partial charge on any atom is 0.338 e. The highest BCUT2D eigenvalue weighted by Gasteiger charge is 2.13. The summed E-state index contributed by atoms with van der Waals surface area (Å²) in [5.41, 5.74) is 4.10. The third kappa shape index (κ3) is 4.92. The second-order valence-corrected chi connectivity index (χ2v) is 5.90. The molecule has 1 atom stereocenters. The minimum Gasteiger partial charge on any atom is -0.452 e. The van der Waals surface area contributed by atoms with E-state index in [4.69, 9.17) is 10.00 Å². The summed E-state index contributed by atoms with van der Waals surface area (Å²) in [7, 11) is 0. The normalized spacial score (nSPS) is 11.3. The zero-order valence-corrected chi connectivity index (χ0v) is 14.5.